The Kier molecular flexibility index (Phi) is 3.72. The quantitative estimate of drug-likeness (QED) is 0.587. The van der Waals surface area contributed by atoms with Gasteiger partial charge in [-0.25, -0.2) is 14.4 Å². The van der Waals surface area contributed by atoms with Crippen molar-refractivity contribution in [2.75, 3.05) is 6.61 Å². The molecule has 4 N–H and O–H groups in total. The van der Waals surface area contributed by atoms with Gasteiger partial charge < -0.3 is 25.2 Å². The van der Waals surface area contributed by atoms with Crippen molar-refractivity contribution in [3.63, 3.8) is 0 Å². The van der Waals surface area contributed by atoms with Crippen molar-refractivity contribution in [2.24, 2.45) is 0 Å². The predicted octanol–water partition coefficient (Wildman–Crippen LogP) is 0.252. The van der Waals surface area contributed by atoms with Crippen molar-refractivity contribution in [3.8, 4) is 11.5 Å². The van der Waals surface area contributed by atoms with Gasteiger partial charge in [0, 0.05) is 0 Å². The predicted molar refractivity (Wildman–Crippen MR) is 55.2 cm³/mol. The van der Waals surface area contributed by atoms with Crippen LogP contribution in [0.25, 0.3) is 0 Å². The van der Waals surface area contributed by atoms with E-state index in [0.717, 1.165) is 12.1 Å². The number of ether oxygens (including phenoxy) is 1. The first-order chi connectivity index (χ1) is 8.32. The molecule has 0 aromatic heterocycles. The highest BCUT2D eigenvalue weighted by molar-refractivity contribution is 5.99. The minimum absolute atomic E-state index is 0.273. The van der Waals surface area contributed by atoms with E-state index in [1.54, 1.807) is 0 Å². The molecule has 0 saturated heterocycles. The Balaban J connectivity index is 3.24. The molecule has 1 rings (SSSR count). The lowest BCUT2D eigenvalue weighted by Gasteiger charge is -2.08. The molecule has 0 amide bonds. The Labute approximate surface area is 99.7 Å². The number of hydrogen-bond acceptors (Lipinski definition) is 5. The van der Waals surface area contributed by atoms with Crippen molar-refractivity contribution in [1.29, 1.82) is 0 Å². The molecule has 18 heavy (non-hydrogen) atoms. The van der Waals surface area contributed by atoms with E-state index in [0.29, 0.717) is 0 Å². The molecule has 8 heteroatoms. The number of aliphatic carboxylic acids is 1. The number of carbonyl (C=O) groups is 3. The number of phenols is 1. The van der Waals surface area contributed by atoms with Gasteiger partial charge in [-0.05, 0) is 12.1 Å². The Hall–Kier alpha value is -2.77. The third kappa shape index (κ3) is 2.88. The summed E-state index contributed by atoms with van der Waals surface area (Å²) in [6.45, 7) is -0.761. The summed E-state index contributed by atoms with van der Waals surface area (Å²) < 4.78 is 4.67. The third-order valence-electron chi connectivity index (χ3n) is 1.91. The molecule has 1 aromatic carbocycles. The van der Waals surface area contributed by atoms with Crippen LogP contribution in [-0.4, -0.2) is 44.9 Å². The lowest BCUT2D eigenvalue weighted by molar-refractivity contribution is -0.139. The maximum absolute atomic E-state index is 10.8. The van der Waals surface area contributed by atoms with Gasteiger partial charge in [-0.15, -0.1) is 0 Å². The van der Waals surface area contributed by atoms with Crippen molar-refractivity contribution >= 4 is 17.9 Å². The second-order valence-corrected chi connectivity index (χ2v) is 3.16. The first-order valence-electron chi connectivity index (χ1n) is 4.51. The van der Waals surface area contributed by atoms with Crippen molar-refractivity contribution < 1.29 is 39.5 Å². The summed E-state index contributed by atoms with van der Waals surface area (Å²) in [4.78, 5) is 31.8. The summed E-state index contributed by atoms with van der Waals surface area (Å²) >= 11 is 0. The summed E-state index contributed by atoms with van der Waals surface area (Å²) in [7, 11) is 0. The maximum Gasteiger partial charge on any atom is 0.341 e. The van der Waals surface area contributed by atoms with Crippen LogP contribution in [0, 0.1) is 0 Å². The van der Waals surface area contributed by atoms with Crippen LogP contribution in [0.4, 0.5) is 0 Å². The molecule has 0 unspecified atom stereocenters. The Morgan fingerprint density at radius 2 is 1.44 bits per heavy atom. The Morgan fingerprint density at radius 3 is 1.78 bits per heavy atom. The van der Waals surface area contributed by atoms with Crippen LogP contribution in [0.2, 0.25) is 0 Å². The van der Waals surface area contributed by atoms with Gasteiger partial charge in [-0.2, -0.15) is 0 Å². The van der Waals surface area contributed by atoms with Crippen LogP contribution in [-0.2, 0) is 4.79 Å². The van der Waals surface area contributed by atoms with Gasteiger partial charge in [-0.3, -0.25) is 0 Å². The average Bonchev–Trinajstić information content (AvgIpc) is 2.26. The summed E-state index contributed by atoms with van der Waals surface area (Å²) in [5.74, 6) is -5.62. The average molecular weight is 256 g/mol. The van der Waals surface area contributed by atoms with Crippen LogP contribution in [0.5, 0.6) is 11.5 Å². The highest BCUT2D eigenvalue weighted by Crippen LogP contribution is 2.28. The molecular weight excluding hydrogens is 248 g/mol. The molecule has 0 fully saturated rings. The van der Waals surface area contributed by atoms with Gasteiger partial charge >= 0.3 is 17.9 Å². The molecule has 0 saturated carbocycles. The summed E-state index contributed by atoms with van der Waals surface area (Å²) in [5, 5.41) is 35.3. The van der Waals surface area contributed by atoms with Crippen LogP contribution in [0.3, 0.4) is 0 Å². The van der Waals surface area contributed by atoms with E-state index < -0.39 is 41.4 Å². The SMILES string of the molecule is O=C(O)COc1cc(C(=O)O)c(O)c(C(=O)O)c1. The summed E-state index contributed by atoms with van der Waals surface area (Å²) in [6.07, 6.45) is 0. The number of hydrogen-bond donors (Lipinski definition) is 4. The van der Waals surface area contributed by atoms with E-state index in [-0.39, 0.29) is 5.75 Å². The fourth-order valence-corrected chi connectivity index (χ4v) is 1.16. The molecule has 0 heterocycles. The zero-order valence-electron chi connectivity index (χ0n) is 8.78. The monoisotopic (exact) mass is 256 g/mol. The Morgan fingerprint density at radius 1 is 1.00 bits per heavy atom. The second kappa shape index (κ2) is 5.04. The Bertz CT molecular complexity index is 484. The molecule has 0 atom stereocenters. The topological polar surface area (TPSA) is 141 Å². The third-order valence-corrected chi connectivity index (χ3v) is 1.91. The lowest BCUT2D eigenvalue weighted by atomic mass is 10.1. The summed E-state index contributed by atoms with van der Waals surface area (Å²) in [6, 6.07) is 1.68. The lowest BCUT2D eigenvalue weighted by Crippen LogP contribution is -2.11. The molecule has 0 aliphatic rings. The minimum Gasteiger partial charge on any atom is -0.506 e. The minimum atomic E-state index is -1.56. The van der Waals surface area contributed by atoms with Crippen molar-refractivity contribution in [1.82, 2.24) is 0 Å². The van der Waals surface area contributed by atoms with Gasteiger partial charge in [0.15, 0.2) is 6.61 Å². The van der Waals surface area contributed by atoms with E-state index in [2.05, 4.69) is 4.74 Å². The van der Waals surface area contributed by atoms with Gasteiger partial charge in [0.2, 0.25) is 0 Å². The first-order valence-corrected chi connectivity index (χ1v) is 4.51. The summed E-state index contributed by atoms with van der Waals surface area (Å²) in [5.41, 5.74) is -1.37. The number of aromatic carboxylic acids is 2. The zero-order valence-corrected chi connectivity index (χ0v) is 8.78. The number of carboxylic acids is 3. The molecule has 0 aliphatic heterocycles. The highest BCUT2D eigenvalue weighted by atomic mass is 16.5. The zero-order chi connectivity index (χ0) is 13.9. The maximum atomic E-state index is 10.8. The molecule has 0 bridgehead atoms. The van der Waals surface area contributed by atoms with E-state index in [1.807, 2.05) is 0 Å². The van der Waals surface area contributed by atoms with E-state index in [4.69, 9.17) is 15.3 Å². The van der Waals surface area contributed by atoms with Crippen LogP contribution in [0.1, 0.15) is 20.7 Å². The van der Waals surface area contributed by atoms with E-state index in [1.165, 1.54) is 0 Å². The number of benzene rings is 1. The number of carboxylic acid groups (broad SMARTS) is 3. The molecule has 1 aromatic rings. The highest BCUT2D eigenvalue weighted by Gasteiger charge is 2.20. The smallest absolute Gasteiger partial charge is 0.341 e. The first kappa shape index (κ1) is 13.3. The van der Waals surface area contributed by atoms with Gasteiger partial charge in [0.05, 0.1) is 0 Å². The normalized spacial score (nSPS) is 9.78. The van der Waals surface area contributed by atoms with Gasteiger partial charge in [0.25, 0.3) is 0 Å². The molecule has 0 radical (unpaired) electrons. The molecule has 0 aliphatic carbocycles. The second-order valence-electron chi connectivity index (χ2n) is 3.16. The number of aromatic hydroxyl groups is 1. The fourth-order valence-electron chi connectivity index (χ4n) is 1.16. The van der Waals surface area contributed by atoms with Gasteiger partial charge in [-0.1, -0.05) is 0 Å². The molecule has 96 valence electrons. The van der Waals surface area contributed by atoms with Crippen LogP contribution < -0.4 is 4.74 Å². The molecule has 0 spiro atoms. The van der Waals surface area contributed by atoms with Gasteiger partial charge in [0.1, 0.15) is 22.6 Å². The van der Waals surface area contributed by atoms with Crippen molar-refractivity contribution in [2.45, 2.75) is 0 Å². The van der Waals surface area contributed by atoms with Crippen LogP contribution >= 0.6 is 0 Å². The standard InChI is InChI=1S/C10H8O8/c11-7(12)3-18-4-1-5(9(14)15)8(13)6(2-4)10(16)17/h1-2,13H,3H2,(H,11,12)(H,14,15)(H,16,17). The fraction of sp³-hybridized carbons (Fsp3) is 0.100. The largest absolute Gasteiger partial charge is 0.506 e. The van der Waals surface area contributed by atoms with E-state index in [9.17, 15) is 19.5 Å². The molecular formula is C10H8O8. The van der Waals surface area contributed by atoms with Crippen molar-refractivity contribution in [3.05, 3.63) is 23.3 Å². The molecule has 8 nitrogen and oxygen atoms in total. The van der Waals surface area contributed by atoms with E-state index >= 15 is 0 Å². The van der Waals surface area contributed by atoms with Crippen LogP contribution in [0.15, 0.2) is 12.1 Å². The number of rotatable bonds is 5.